The van der Waals surface area contributed by atoms with Gasteiger partial charge in [-0.1, -0.05) is 25.6 Å². The first kappa shape index (κ1) is 24.7. The molecule has 3 aromatic rings. The van der Waals surface area contributed by atoms with Crippen LogP contribution in [-0.4, -0.2) is 43.8 Å². The molecule has 1 saturated carbocycles. The van der Waals surface area contributed by atoms with Crippen molar-refractivity contribution in [1.29, 1.82) is 0 Å². The monoisotopic (exact) mass is 453 g/mol. The lowest BCUT2D eigenvalue weighted by Crippen LogP contribution is -2.31. The summed E-state index contributed by atoms with van der Waals surface area (Å²) in [6, 6.07) is 13.6. The molecular weight excluding hydrogens is 417 g/mol. The summed E-state index contributed by atoms with van der Waals surface area (Å²) in [5.74, 6) is 2.24. The summed E-state index contributed by atoms with van der Waals surface area (Å²) in [7, 11) is 5.50. The predicted molar refractivity (Wildman–Crippen MR) is 135 cm³/mol. The molecule has 1 aliphatic rings. The molecule has 0 unspecified atom stereocenters. The van der Waals surface area contributed by atoms with Crippen LogP contribution in [0.2, 0.25) is 0 Å². The minimum atomic E-state index is -0.313. The van der Waals surface area contributed by atoms with Gasteiger partial charge in [0.1, 0.15) is 5.82 Å². The van der Waals surface area contributed by atoms with Gasteiger partial charge in [0.2, 0.25) is 5.95 Å². The van der Waals surface area contributed by atoms with Crippen molar-refractivity contribution in [2.75, 3.05) is 38.0 Å². The van der Waals surface area contributed by atoms with E-state index in [2.05, 4.69) is 16.7 Å². The Morgan fingerprint density at radius 2 is 1.82 bits per heavy atom. The van der Waals surface area contributed by atoms with Crippen molar-refractivity contribution in [3.05, 3.63) is 53.8 Å². The third kappa shape index (κ3) is 6.11. The highest BCUT2D eigenvalue weighted by molar-refractivity contribution is 5.90. The molecule has 1 aliphatic carbocycles. The highest BCUT2D eigenvalue weighted by atomic mass is 19.1. The number of nitrogens with zero attached hydrogens (tertiary/aromatic N) is 3. The maximum Gasteiger partial charge on any atom is 0.225 e. The van der Waals surface area contributed by atoms with Gasteiger partial charge in [0.25, 0.3) is 0 Å². The van der Waals surface area contributed by atoms with E-state index in [1.54, 1.807) is 6.07 Å². The molecule has 0 radical (unpaired) electrons. The lowest BCUT2D eigenvalue weighted by Gasteiger charge is -2.29. The normalized spacial score (nSPS) is 17.9. The zero-order valence-corrected chi connectivity index (χ0v) is 19.1. The molecule has 178 valence electrons. The van der Waals surface area contributed by atoms with Crippen LogP contribution in [0.15, 0.2) is 42.5 Å². The second kappa shape index (κ2) is 11.3. The van der Waals surface area contributed by atoms with E-state index in [1.807, 2.05) is 43.3 Å². The summed E-state index contributed by atoms with van der Waals surface area (Å²) in [5, 5.41) is 8.11. The van der Waals surface area contributed by atoms with Crippen LogP contribution in [0.25, 0.3) is 10.9 Å². The molecular formula is C26H36FN5O. The van der Waals surface area contributed by atoms with E-state index in [9.17, 15) is 4.39 Å². The van der Waals surface area contributed by atoms with Gasteiger partial charge in [0.15, 0.2) is 11.6 Å². The van der Waals surface area contributed by atoms with Crippen LogP contribution >= 0.6 is 0 Å². The Labute approximate surface area is 196 Å². The Morgan fingerprint density at radius 1 is 1.06 bits per heavy atom. The summed E-state index contributed by atoms with van der Waals surface area (Å²) in [4.78, 5) is 11.5. The molecule has 7 heteroatoms. The van der Waals surface area contributed by atoms with Gasteiger partial charge < -0.3 is 20.3 Å². The van der Waals surface area contributed by atoms with Crippen LogP contribution in [0.1, 0.15) is 38.7 Å². The fourth-order valence-electron chi connectivity index (χ4n) is 4.40. The number of halogens is 1. The quantitative estimate of drug-likeness (QED) is 0.486. The van der Waals surface area contributed by atoms with Crippen LogP contribution in [0, 0.1) is 11.7 Å². The molecule has 33 heavy (non-hydrogen) atoms. The largest absolute Gasteiger partial charge is 0.494 e. The first-order valence-corrected chi connectivity index (χ1v) is 11.3. The Morgan fingerprint density at radius 3 is 2.52 bits per heavy atom. The van der Waals surface area contributed by atoms with Crippen molar-refractivity contribution in [1.82, 2.24) is 15.3 Å². The van der Waals surface area contributed by atoms with Crippen LogP contribution in [0.3, 0.4) is 0 Å². The number of ether oxygens (including phenoxy) is 1. The smallest absolute Gasteiger partial charge is 0.225 e. The van der Waals surface area contributed by atoms with Crippen molar-refractivity contribution in [2.24, 2.45) is 5.92 Å². The summed E-state index contributed by atoms with van der Waals surface area (Å²) in [6.45, 7) is 1.61. The molecule has 0 saturated heterocycles. The van der Waals surface area contributed by atoms with E-state index in [0.717, 1.165) is 54.5 Å². The maximum atomic E-state index is 13.8. The van der Waals surface area contributed by atoms with Crippen molar-refractivity contribution >= 4 is 22.7 Å². The molecule has 0 atom stereocenters. The fourth-order valence-corrected chi connectivity index (χ4v) is 4.40. The van der Waals surface area contributed by atoms with Gasteiger partial charge in [-0.2, -0.15) is 4.98 Å². The minimum Gasteiger partial charge on any atom is -0.494 e. The van der Waals surface area contributed by atoms with Crippen molar-refractivity contribution < 1.29 is 9.13 Å². The number of fused-ring (bicyclic) bond motifs is 1. The van der Waals surface area contributed by atoms with Crippen LogP contribution in [0.4, 0.5) is 16.2 Å². The number of aromatic nitrogens is 2. The van der Waals surface area contributed by atoms with Gasteiger partial charge >= 0.3 is 0 Å². The average Bonchev–Trinajstić information content (AvgIpc) is 2.80. The van der Waals surface area contributed by atoms with Gasteiger partial charge in [0, 0.05) is 32.1 Å². The van der Waals surface area contributed by atoms with E-state index in [-0.39, 0.29) is 19.0 Å². The van der Waals surface area contributed by atoms with Gasteiger partial charge in [-0.25, -0.2) is 9.37 Å². The highest BCUT2D eigenvalue weighted by Gasteiger charge is 2.22. The van der Waals surface area contributed by atoms with Crippen molar-refractivity contribution in [2.45, 2.75) is 45.7 Å². The molecule has 4 rings (SSSR count). The van der Waals surface area contributed by atoms with Crippen LogP contribution in [-0.2, 0) is 6.54 Å². The molecule has 0 bridgehead atoms. The number of methoxy groups -OCH3 is 1. The zero-order chi connectivity index (χ0) is 22.5. The predicted octanol–water partition coefficient (Wildman–Crippen LogP) is 5.24. The number of para-hydroxylation sites is 1. The molecule has 2 N–H and O–H groups in total. The molecule has 0 amide bonds. The third-order valence-electron chi connectivity index (χ3n) is 6.17. The van der Waals surface area contributed by atoms with E-state index >= 15 is 0 Å². The molecule has 2 aromatic carbocycles. The highest BCUT2D eigenvalue weighted by Crippen LogP contribution is 2.28. The van der Waals surface area contributed by atoms with E-state index in [0.29, 0.717) is 24.5 Å². The zero-order valence-electron chi connectivity index (χ0n) is 19.1. The first-order chi connectivity index (χ1) is 15.5. The topological polar surface area (TPSA) is 62.3 Å². The maximum absolute atomic E-state index is 13.8. The Kier molecular flexibility index (Phi) is 8.44. The van der Waals surface area contributed by atoms with Gasteiger partial charge in [0.05, 0.1) is 12.6 Å². The first-order valence-electron chi connectivity index (χ1n) is 11.3. The Balaban J connectivity index is 0.00000306. The summed E-state index contributed by atoms with van der Waals surface area (Å²) in [5.41, 5.74) is 1.89. The molecule has 0 aliphatic heterocycles. The standard InChI is InChI=1S/C25H32FN5O.CH4/c1-31(2)24-20-6-4-5-7-22(20)29-25(30-24)28-19-11-8-17(9-12-19)15-27-16-18-10-13-23(32-3)21(26)14-18;/h4-7,10,13-14,17,19,27H,8-9,11-12,15-16H2,1-3H3,(H,28,29,30);1H4. The second-order valence-electron chi connectivity index (χ2n) is 8.74. The van der Waals surface area contributed by atoms with Crippen molar-refractivity contribution in [3.63, 3.8) is 0 Å². The molecule has 6 nitrogen and oxygen atoms in total. The van der Waals surface area contributed by atoms with E-state index < -0.39 is 0 Å². The second-order valence-corrected chi connectivity index (χ2v) is 8.74. The number of anilines is 2. The van der Waals surface area contributed by atoms with Crippen molar-refractivity contribution in [3.8, 4) is 5.75 Å². The summed E-state index contributed by atoms with van der Waals surface area (Å²) in [6.07, 6.45) is 4.49. The SMILES string of the molecule is C.COc1ccc(CNCC2CCC(Nc3nc(N(C)C)c4ccccc4n3)CC2)cc1F. The average molecular weight is 454 g/mol. The lowest BCUT2D eigenvalue weighted by molar-refractivity contribution is 0.323. The number of hydrogen-bond acceptors (Lipinski definition) is 6. The number of benzene rings is 2. The summed E-state index contributed by atoms with van der Waals surface area (Å²) >= 11 is 0. The molecule has 1 aromatic heterocycles. The lowest BCUT2D eigenvalue weighted by atomic mass is 9.86. The van der Waals surface area contributed by atoms with Gasteiger partial charge in [-0.15, -0.1) is 0 Å². The minimum absolute atomic E-state index is 0. The van der Waals surface area contributed by atoms with Crippen LogP contribution < -0.4 is 20.3 Å². The number of nitrogens with one attached hydrogen (secondary N) is 2. The number of hydrogen-bond donors (Lipinski definition) is 2. The molecule has 1 heterocycles. The molecule has 1 fully saturated rings. The summed E-state index contributed by atoms with van der Waals surface area (Å²) < 4.78 is 18.8. The van der Waals surface area contributed by atoms with E-state index in [1.165, 1.54) is 13.2 Å². The Hall–Kier alpha value is -2.93. The van der Waals surface area contributed by atoms with E-state index in [4.69, 9.17) is 14.7 Å². The fraction of sp³-hybridized carbons (Fsp3) is 0.462. The van der Waals surface area contributed by atoms with Gasteiger partial charge in [-0.3, -0.25) is 0 Å². The third-order valence-corrected chi connectivity index (χ3v) is 6.17. The van der Waals surface area contributed by atoms with Gasteiger partial charge in [-0.05, 0) is 68.0 Å². The van der Waals surface area contributed by atoms with Crippen LogP contribution in [0.5, 0.6) is 5.75 Å². The molecule has 0 spiro atoms. The Bertz CT molecular complexity index is 1050. The number of rotatable bonds is 8.